The van der Waals surface area contributed by atoms with Gasteiger partial charge in [-0.1, -0.05) is 49.8 Å². The molecule has 4 atom stereocenters. The molecule has 41 heavy (non-hydrogen) atoms. The average Bonchev–Trinajstić information content (AvgIpc) is 3.25. The van der Waals surface area contributed by atoms with Crippen molar-refractivity contribution >= 4 is 15.9 Å². The zero-order valence-corrected chi connectivity index (χ0v) is 26.8. The number of amides is 1. The van der Waals surface area contributed by atoms with Crippen LogP contribution in [0.2, 0.25) is 0 Å². The van der Waals surface area contributed by atoms with E-state index in [1.54, 1.807) is 16.4 Å². The zero-order chi connectivity index (χ0) is 29.2. The second-order valence-corrected chi connectivity index (χ2v) is 15.3. The molecule has 7 nitrogen and oxygen atoms in total. The smallest absolute Gasteiger partial charge is 0.243 e. The number of nitrogens with one attached hydrogen (secondary N) is 1. The molecule has 4 aliphatic rings. The molecule has 230 valence electrons. The third-order valence-corrected chi connectivity index (χ3v) is 13.2. The minimum absolute atomic E-state index is 0.130. The summed E-state index contributed by atoms with van der Waals surface area (Å²) in [5.41, 5.74) is 4.51. The number of hydrogen-bond acceptors (Lipinski definition) is 5. The van der Waals surface area contributed by atoms with Crippen molar-refractivity contribution < 1.29 is 13.2 Å². The lowest BCUT2D eigenvalue weighted by molar-refractivity contribution is -0.150. The van der Waals surface area contributed by atoms with Crippen molar-refractivity contribution in [1.82, 2.24) is 19.6 Å². The van der Waals surface area contributed by atoms with Crippen LogP contribution in [0.4, 0.5) is 0 Å². The highest BCUT2D eigenvalue weighted by atomic mass is 32.2. The minimum atomic E-state index is -3.46. The third-order valence-electron chi connectivity index (χ3n) is 11.3. The first kappa shape index (κ1) is 31.0. The van der Waals surface area contributed by atoms with Crippen LogP contribution in [0, 0.1) is 30.1 Å². The van der Waals surface area contributed by atoms with Gasteiger partial charge in [0.15, 0.2) is 0 Å². The molecule has 3 heterocycles. The van der Waals surface area contributed by atoms with E-state index >= 15 is 0 Å². The molecule has 0 radical (unpaired) electrons. The molecule has 1 saturated carbocycles. The topological polar surface area (TPSA) is 73.0 Å². The van der Waals surface area contributed by atoms with Gasteiger partial charge in [-0.25, -0.2) is 13.4 Å². The molecule has 4 fully saturated rings. The molecule has 0 bridgehead atoms. The number of nitrogens with zero attached hydrogens (tertiary/aromatic N) is 3. The Hall–Kier alpha value is -1.48. The molecule has 1 N–H and O–H groups in total. The number of fused-ring (bicyclic) bond motifs is 1. The van der Waals surface area contributed by atoms with Gasteiger partial charge in [0.25, 0.3) is 0 Å². The first-order chi connectivity index (χ1) is 19.7. The van der Waals surface area contributed by atoms with E-state index in [1.165, 1.54) is 32.1 Å². The molecule has 8 heteroatoms. The lowest BCUT2D eigenvalue weighted by atomic mass is 9.59. The van der Waals surface area contributed by atoms with Gasteiger partial charge >= 0.3 is 0 Å². The van der Waals surface area contributed by atoms with Crippen molar-refractivity contribution in [2.24, 2.45) is 23.2 Å². The number of carbonyl (C=O) groups is 1. The summed E-state index contributed by atoms with van der Waals surface area (Å²) in [7, 11) is -3.46. The Morgan fingerprint density at radius 1 is 0.902 bits per heavy atom. The Bertz CT molecular complexity index is 1120. The summed E-state index contributed by atoms with van der Waals surface area (Å²) < 4.78 is 28.4. The molecule has 1 aliphatic carbocycles. The maximum absolute atomic E-state index is 14.7. The van der Waals surface area contributed by atoms with Gasteiger partial charge < -0.3 is 4.90 Å². The van der Waals surface area contributed by atoms with E-state index in [2.05, 4.69) is 36.1 Å². The number of carbonyl (C=O) groups excluding carboxylic acids is 1. The summed E-state index contributed by atoms with van der Waals surface area (Å²) in [6.45, 7) is 12.2. The van der Waals surface area contributed by atoms with Crippen LogP contribution >= 0.6 is 0 Å². The quantitative estimate of drug-likeness (QED) is 0.451. The Balaban J connectivity index is 1.35. The van der Waals surface area contributed by atoms with Crippen LogP contribution in [0.1, 0.15) is 97.0 Å². The van der Waals surface area contributed by atoms with Gasteiger partial charge in [0.1, 0.15) is 0 Å². The van der Waals surface area contributed by atoms with Crippen molar-refractivity contribution in [3.63, 3.8) is 0 Å². The van der Waals surface area contributed by atoms with Crippen molar-refractivity contribution in [3.05, 3.63) is 29.8 Å². The summed E-state index contributed by atoms with van der Waals surface area (Å²) in [6.07, 6.45) is 12.6. The lowest BCUT2D eigenvalue weighted by Gasteiger charge is -2.50. The monoisotopic (exact) mass is 586 g/mol. The van der Waals surface area contributed by atoms with Gasteiger partial charge in [0.05, 0.1) is 10.3 Å². The minimum Gasteiger partial charge on any atom is -0.343 e. The Labute approximate surface area is 249 Å². The highest BCUT2D eigenvalue weighted by Crippen LogP contribution is 2.53. The van der Waals surface area contributed by atoms with E-state index in [-0.39, 0.29) is 12.1 Å². The van der Waals surface area contributed by atoms with Gasteiger partial charge in [0.2, 0.25) is 15.9 Å². The maximum atomic E-state index is 14.7. The summed E-state index contributed by atoms with van der Waals surface area (Å²) in [6, 6.07) is 7.58. The van der Waals surface area contributed by atoms with Crippen molar-refractivity contribution in [3.8, 4) is 0 Å². The number of benzene rings is 1. The van der Waals surface area contributed by atoms with Crippen LogP contribution in [-0.2, 0) is 14.8 Å². The van der Waals surface area contributed by atoms with Gasteiger partial charge in [-0.15, -0.1) is 0 Å². The van der Waals surface area contributed by atoms with Crippen molar-refractivity contribution in [2.45, 2.75) is 115 Å². The SMILES string of the molecule is CCN(CC)C(=O)C1(C2CCCCCCC2)C(C)NN2CCC(C3CCN(S(=O)(=O)c4ccc(C)cc4)CC3)CC21. The fourth-order valence-electron chi connectivity index (χ4n) is 8.97. The van der Waals surface area contributed by atoms with Crippen molar-refractivity contribution in [1.29, 1.82) is 0 Å². The molecule has 0 spiro atoms. The standard InChI is InChI=1S/C33H54N4O3S/c1-5-35(6-2)32(38)33(29-12-10-8-7-9-11-13-29)26(4)34-37-23-20-28(24-31(33)37)27-18-21-36(22-19-27)41(39,40)30-16-14-25(3)15-17-30/h14-17,26-29,31,34H,5-13,18-24H2,1-4H3. The van der Waals surface area contributed by atoms with E-state index in [1.807, 2.05) is 19.1 Å². The molecule has 5 rings (SSSR count). The fourth-order valence-corrected chi connectivity index (χ4v) is 10.4. The van der Waals surface area contributed by atoms with Gasteiger partial charge in [0, 0.05) is 44.8 Å². The largest absolute Gasteiger partial charge is 0.343 e. The molecule has 3 aliphatic heterocycles. The second-order valence-electron chi connectivity index (χ2n) is 13.4. The number of hydrogen-bond donors (Lipinski definition) is 1. The normalized spacial score (nSPS) is 31.4. The number of piperidine rings is 2. The van der Waals surface area contributed by atoms with Crippen LogP contribution in [0.25, 0.3) is 0 Å². The number of rotatable bonds is 7. The molecule has 1 aromatic rings. The second kappa shape index (κ2) is 13.0. The molecular weight excluding hydrogens is 532 g/mol. The van der Waals surface area contributed by atoms with Gasteiger partial charge in [-0.2, -0.15) is 4.31 Å². The Morgan fingerprint density at radius 2 is 1.49 bits per heavy atom. The van der Waals surface area contributed by atoms with E-state index in [9.17, 15) is 13.2 Å². The zero-order valence-electron chi connectivity index (χ0n) is 26.0. The predicted octanol–water partition coefficient (Wildman–Crippen LogP) is 5.60. The fraction of sp³-hybridized carbons (Fsp3) is 0.788. The van der Waals surface area contributed by atoms with Crippen LogP contribution < -0.4 is 5.43 Å². The van der Waals surface area contributed by atoms with Crippen LogP contribution in [0.5, 0.6) is 0 Å². The lowest BCUT2D eigenvalue weighted by Crippen LogP contribution is -2.60. The number of aryl methyl sites for hydroxylation is 1. The van der Waals surface area contributed by atoms with Crippen LogP contribution in [0.3, 0.4) is 0 Å². The van der Waals surface area contributed by atoms with Crippen LogP contribution in [-0.4, -0.2) is 73.3 Å². The Morgan fingerprint density at radius 3 is 2.10 bits per heavy atom. The van der Waals surface area contributed by atoms with Gasteiger partial charge in [-0.3, -0.25) is 10.2 Å². The molecule has 1 aromatic carbocycles. The molecule has 0 aromatic heterocycles. The number of sulfonamides is 1. The first-order valence-corrected chi connectivity index (χ1v) is 18.1. The average molecular weight is 587 g/mol. The van der Waals surface area contributed by atoms with Gasteiger partial charge in [-0.05, 0) is 96.1 Å². The third kappa shape index (κ3) is 5.87. The molecule has 1 amide bonds. The number of hydrazine groups is 1. The maximum Gasteiger partial charge on any atom is 0.243 e. The van der Waals surface area contributed by atoms with Crippen molar-refractivity contribution in [2.75, 3.05) is 32.7 Å². The highest BCUT2D eigenvalue weighted by molar-refractivity contribution is 7.89. The highest BCUT2D eigenvalue weighted by Gasteiger charge is 2.63. The van der Waals surface area contributed by atoms with E-state index in [0.29, 0.717) is 41.6 Å². The molecule has 4 unspecified atom stereocenters. The van der Waals surface area contributed by atoms with E-state index in [4.69, 9.17) is 0 Å². The van der Waals surface area contributed by atoms with E-state index in [0.717, 1.165) is 63.7 Å². The Kier molecular flexibility index (Phi) is 9.84. The summed E-state index contributed by atoms with van der Waals surface area (Å²) in [5.74, 6) is 1.83. The summed E-state index contributed by atoms with van der Waals surface area (Å²) in [5, 5.41) is 2.46. The molecular formula is C33H54N4O3S. The molecule has 3 saturated heterocycles. The first-order valence-electron chi connectivity index (χ1n) is 16.6. The van der Waals surface area contributed by atoms with Crippen LogP contribution in [0.15, 0.2) is 29.2 Å². The summed E-state index contributed by atoms with van der Waals surface area (Å²) in [4.78, 5) is 17.2. The summed E-state index contributed by atoms with van der Waals surface area (Å²) >= 11 is 0. The van der Waals surface area contributed by atoms with E-state index < -0.39 is 15.4 Å². The predicted molar refractivity (Wildman–Crippen MR) is 165 cm³/mol.